The van der Waals surface area contributed by atoms with Crippen LogP contribution >= 0.6 is 0 Å². The van der Waals surface area contributed by atoms with Crippen molar-refractivity contribution in [1.29, 1.82) is 0 Å². The summed E-state index contributed by atoms with van der Waals surface area (Å²) < 4.78 is 0. The van der Waals surface area contributed by atoms with Crippen molar-refractivity contribution < 1.29 is 20.4 Å². The minimum Gasteiger partial charge on any atom is -0.0882 e. The molecule has 2 aliphatic rings. The molecule has 0 saturated heterocycles. The van der Waals surface area contributed by atoms with E-state index < -0.39 is 0 Å². The van der Waals surface area contributed by atoms with Crippen molar-refractivity contribution in [3.05, 3.63) is 48.6 Å². The second kappa shape index (κ2) is 13.7. The molecule has 0 aromatic heterocycles. The van der Waals surface area contributed by atoms with E-state index in [-0.39, 0.29) is 20.4 Å². The summed E-state index contributed by atoms with van der Waals surface area (Å²) >= 11 is 0. The van der Waals surface area contributed by atoms with Crippen molar-refractivity contribution in [3.63, 3.8) is 0 Å². The number of hydrogen-bond acceptors (Lipinski definition) is 0. The second-order valence-electron chi connectivity index (χ2n) is 4.20. The summed E-state index contributed by atoms with van der Waals surface area (Å²) in [7, 11) is 0. The zero-order valence-corrected chi connectivity index (χ0v) is 12.1. The number of rotatable bonds is 0. The minimum absolute atomic E-state index is 0. The summed E-state index contributed by atoms with van der Waals surface area (Å²) in [6, 6.07) is 0. The van der Waals surface area contributed by atoms with Crippen LogP contribution in [0.4, 0.5) is 0 Å². The minimum atomic E-state index is 0. The Morgan fingerprint density at radius 2 is 0.412 bits per heavy atom. The standard InChI is InChI=1S/2C8H12.Pd/c2*1-2-4-6-8-7-5-3-1;/h2*1-2,7-8H,3-6H2;. The van der Waals surface area contributed by atoms with Gasteiger partial charge in [0.2, 0.25) is 0 Å². The summed E-state index contributed by atoms with van der Waals surface area (Å²) in [6.45, 7) is 0. The van der Waals surface area contributed by atoms with Gasteiger partial charge in [0, 0.05) is 20.4 Å². The van der Waals surface area contributed by atoms with E-state index in [2.05, 4.69) is 48.6 Å². The number of hydrogen-bond donors (Lipinski definition) is 0. The molecular weight excluding hydrogens is 299 g/mol. The molecule has 2 rings (SSSR count). The molecule has 0 N–H and O–H groups in total. The summed E-state index contributed by atoms with van der Waals surface area (Å²) in [5, 5.41) is 0. The van der Waals surface area contributed by atoms with E-state index in [1.807, 2.05) is 0 Å². The Labute approximate surface area is 120 Å². The van der Waals surface area contributed by atoms with Crippen LogP contribution in [0, 0.1) is 0 Å². The van der Waals surface area contributed by atoms with E-state index in [1.165, 1.54) is 51.4 Å². The summed E-state index contributed by atoms with van der Waals surface area (Å²) in [5.74, 6) is 0. The zero-order valence-electron chi connectivity index (χ0n) is 10.6. The van der Waals surface area contributed by atoms with Crippen molar-refractivity contribution in [2.75, 3.05) is 0 Å². The molecule has 0 bridgehead atoms. The average molecular weight is 323 g/mol. The Morgan fingerprint density at radius 1 is 0.294 bits per heavy atom. The van der Waals surface area contributed by atoms with Crippen molar-refractivity contribution >= 4 is 0 Å². The second-order valence-corrected chi connectivity index (χ2v) is 4.20. The molecule has 0 amide bonds. The van der Waals surface area contributed by atoms with Gasteiger partial charge >= 0.3 is 0 Å². The van der Waals surface area contributed by atoms with E-state index in [4.69, 9.17) is 0 Å². The molecule has 0 fully saturated rings. The summed E-state index contributed by atoms with van der Waals surface area (Å²) in [5.41, 5.74) is 0. The largest absolute Gasteiger partial charge is 0.0882 e. The van der Waals surface area contributed by atoms with Crippen LogP contribution in [0.2, 0.25) is 0 Å². The summed E-state index contributed by atoms with van der Waals surface area (Å²) in [4.78, 5) is 0. The molecular formula is C16H24Pd. The van der Waals surface area contributed by atoms with Crippen LogP contribution in [0.3, 0.4) is 0 Å². The van der Waals surface area contributed by atoms with Crippen LogP contribution in [-0.4, -0.2) is 0 Å². The predicted octanol–water partition coefficient (Wildman–Crippen LogP) is 5.34. The fourth-order valence-corrected chi connectivity index (χ4v) is 1.71. The molecule has 0 atom stereocenters. The fourth-order valence-electron chi connectivity index (χ4n) is 1.71. The first kappa shape index (κ1) is 16.6. The Balaban J connectivity index is 0.000000284. The smallest absolute Gasteiger partial charge is 0 e. The van der Waals surface area contributed by atoms with Crippen LogP contribution in [0.1, 0.15) is 51.4 Å². The van der Waals surface area contributed by atoms with E-state index >= 15 is 0 Å². The van der Waals surface area contributed by atoms with Crippen LogP contribution in [0.5, 0.6) is 0 Å². The van der Waals surface area contributed by atoms with Gasteiger partial charge in [-0.1, -0.05) is 48.6 Å². The van der Waals surface area contributed by atoms with Gasteiger partial charge in [-0.3, -0.25) is 0 Å². The van der Waals surface area contributed by atoms with Crippen molar-refractivity contribution in [2.24, 2.45) is 0 Å². The average Bonchev–Trinajstić information content (AvgIpc) is 2.15. The van der Waals surface area contributed by atoms with E-state index in [0.717, 1.165) is 0 Å². The molecule has 0 aliphatic heterocycles. The van der Waals surface area contributed by atoms with Crippen molar-refractivity contribution in [2.45, 2.75) is 51.4 Å². The van der Waals surface area contributed by atoms with Crippen molar-refractivity contribution in [1.82, 2.24) is 0 Å². The van der Waals surface area contributed by atoms with E-state index in [1.54, 1.807) is 0 Å². The quantitative estimate of drug-likeness (QED) is 0.417. The molecule has 0 saturated carbocycles. The predicted molar refractivity (Wildman–Crippen MR) is 73.5 cm³/mol. The summed E-state index contributed by atoms with van der Waals surface area (Å²) in [6.07, 6.45) is 28.0. The van der Waals surface area contributed by atoms with E-state index in [0.29, 0.717) is 0 Å². The molecule has 0 heterocycles. The monoisotopic (exact) mass is 322 g/mol. The molecule has 0 aromatic carbocycles. The molecule has 1 heteroatoms. The Morgan fingerprint density at radius 3 is 0.529 bits per heavy atom. The molecule has 98 valence electrons. The van der Waals surface area contributed by atoms with Gasteiger partial charge in [-0.05, 0) is 51.4 Å². The molecule has 2 aliphatic carbocycles. The zero-order chi connectivity index (χ0) is 11.3. The van der Waals surface area contributed by atoms with Crippen LogP contribution in [0.15, 0.2) is 48.6 Å². The normalized spacial score (nSPS) is 18.8. The first-order valence-corrected chi connectivity index (χ1v) is 6.60. The fraction of sp³-hybridized carbons (Fsp3) is 0.500. The first-order valence-electron chi connectivity index (χ1n) is 6.60. The van der Waals surface area contributed by atoms with Crippen LogP contribution in [-0.2, 0) is 20.4 Å². The Bertz CT molecular complexity index is 179. The maximum Gasteiger partial charge on any atom is 0 e. The van der Waals surface area contributed by atoms with Crippen molar-refractivity contribution in [3.8, 4) is 0 Å². The molecule has 0 aromatic rings. The van der Waals surface area contributed by atoms with Gasteiger partial charge in [-0.25, -0.2) is 0 Å². The van der Waals surface area contributed by atoms with Gasteiger partial charge in [-0.15, -0.1) is 0 Å². The molecule has 0 unspecified atom stereocenters. The van der Waals surface area contributed by atoms with Gasteiger partial charge in [0.05, 0.1) is 0 Å². The first-order chi connectivity index (χ1) is 8.00. The van der Waals surface area contributed by atoms with Crippen LogP contribution < -0.4 is 0 Å². The van der Waals surface area contributed by atoms with Gasteiger partial charge in [0.15, 0.2) is 0 Å². The van der Waals surface area contributed by atoms with Crippen LogP contribution in [0.25, 0.3) is 0 Å². The third-order valence-electron chi connectivity index (χ3n) is 2.67. The Kier molecular flexibility index (Phi) is 13.4. The van der Waals surface area contributed by atoms with Gasteiger partial charge in [-0.2, -0.15) is 0 Å². The number of allylic oxidation sites excluding steroid dienone is 8. The molecule has 0 spiro atoms. The maximum atomic E-state index is 2.27. The maximum absolute atomic E-state index is 2.27. The van der Waals surface area contributed by atoms with Gasteiger partial charge in [0.1, 0.15) is 0 Å². The Hall–Kier alpha value is -0.378. The SMILES string of the molecule is C1=CCCC=CCC1.C1=CCCC=CCC1.[Pd]. The molecule has 17 heavy (non-hydrogen) atoms. The third kappa shape index (κ3) is 11.9. The topological polar surface area (TPSA) is 0 Å². The van der Waals surface area contributed by atoms with E-state index in [9.17, 15) is 0 Å². The third-order valence-corrected chi connectivity index (χ3v) is 2.67. The molecule has 0 radical (unpaired) electrons. The molecule has 0 nitrogen and oxygen atoms in total. The van der Waals surface area contributed by atoms with Gasteiger partial charge < -0.3 is 0 Å². The van der Waals surface area contributed by atoms with Gasteiger partial charge in [0.25, 0.3) is 0 Å².